The van der Waals surface area contributed by atoms with Gasteiger partial charge in [0.25, 0.3) is 0 Å². The van der Waals surface area contributed by atoms with Gasteiger partial charge >= 0.3 is 0 Å². The molecule has 1 N–H and O–H groups in total. The summed E-state index contributed by atoms with van der Waals surface area (Å²) in [6.07, 6.45) is 1.36. The normalized spacial score (nSPS) is 23.5. The highest BCUT2D eigenvalue weighted by atomic mass is 14.9. The van der Waals surface area contributed by atoms with Gasteiger partial charge in [-0.25, -0.2) is 0 Å². The predicted octanol–water partition coefficient (Wildman–Crippen LogP) is 2.28. The van der Waals surface area contributed by atoms with E-state index in [0.717, 1.165) is 11.8 Å². The fraction of sp³-hybridized carbons (Fsp3) is 1.00. The van der Waals surface area contributed by atoms with E-state index in [-0.39, 0.29) is 0 Å². The van der Waals surface area contributed by atoms with Crippen molar-refractivity contribution in [2.24, 2.45) is 17.3 Å². The second-order valence-electron chi connectivity index (χ2n) is 4.47. The molecule has 1 fully saturated rings. The second-order valence-corrected chi connectivity index (χ2v) is 4.47. The third-order valence-corrected chi connectivity index (χ3v) is 3.52. The molecule has 1 heteroatoms. The molecule has 0 aromatic heterocycles. The van der Waals surface area contributed by atoms with Gasteiger partial charge in [-0.15, -0.1) is 0 Å². The average Bonchev–Trinajstić information content (AvgIpc) is 2.34. The van der Waals surface area contributed by atoms with Gasteiger partial charge in [-0.1, -0.05) is 27.7 Å². The molecule has 0 aromatic carbocycles. The maximum atomic E-state index is 3.48. The fourth-order valence-corrected chi connectivity index (χ4v) is 2.38. The first-order chi connectivity index (χ1) is 5.09. The van der Waals surface area contributed by atoms with Gasteiger partial charge in [0, 0.05) is 6.54 Å². The Morgan fingerprint density at radius 1 is 1.09 bits per heavy atom. The lowest BCUT2D eigenvalue weighted by molar-refractivity contribution is 0.139. The quantitative estimate of drug-likeness (QED) is 0.645. The first kappa shape index (κ1) is 9.05. The third-order valence-electron chi connectivity index (χ3n) is 3.52. The molecule has 0 aliphatic carbocycles. The minimum Gasteiger partial charge on any atom is -0.316 e. The number of nitrogens with one attached hydrogen (secondary N) is 1. The minimum atomic E-state index is 0.583. The fourth-order valence-electron chi connectivity index (χ4n) is 2.38. The molecule has 1 aliphatic heterocycles. The van der Waals surface area contributed by atoms with Gasteiger partial charge < -0.3 is 5.32 Å². The molecule has 1 rings (SSSR count). The molecule has 0 atom stereocenters. The molecule has 1 aliphatic rings. The van der Waals surface area contributed by atoms with Gasteiger partial charge in [0.1, 0.15) is 0 Å². The molecule has 0 aromatic rings. The summed E-state index contributed by atoms with van der Waals surface area (Å²) in [5, 5.41) is 3.48. The van der Waals surface area contributed by atoms with E-state index in [2.05, 4.69) is 33.0 Å². The van der Waals surface area contributed by atoms with Crippen LogP contribution in [-0.2, 0) is 0 Å². The maximum absolute atomic E-state index is 3.48. The van der Waals surface area contributed by atoms with Crippen LogP contribution < -0.4 is 5.32 Å². The van der Waals surface area contributed by atoms with Gasteiger partial charge in [0.2, 0.25) is 0 Å². The van der Waals surface area contributed by atoms with Gasteiger partial charge in [-0.2, -0.15) is 0 Å². The van der Waals surface area contributed by atoms with Crippen molar-refractivity contribution in [2.75, 3.05) is 13.1 Å². The molecular weight excluding hydrogens is 134 g/mol. The van der Waals surface area contributed by atoms with Crippen LogP contribution in [0.1, 0.15) is 34.1 Å². The average molecular weight is 155 g/mol. The summed E-state index contributed by atoms with van der Waals surface area (Å²) in [7, 11) is 0. The zero-order chi connectivity index (χ0) is 8.48. The Hall–Kier alpha value is -0.0400. The third kappa shape index (κ3) is 1.44. The van der Waals surface area contributed by atoms with Crippen molar-refractivity contribution in [3.8, 4) is 0 Å². The summed E-state index contributed by atoms with van der Waals surface area (Å²) >= 11 is 0. The molecule has 0 amide bonds. The summed E-state index contributed by atoms with van der Waals surface area (Å²) in [6.45, 7) is 11.9. The number of rotatable bonds is 2. The first-order valence-corrected chi connectivity index (χ1v) is 4.80. The van der Waals surface area contributed by atoms with Crippen LogP contribution >= 0.6 is 0 Å². The van der Waals surface area contributed by atoms with E-state index < -0.39 is 0 Å². The first-order valence-electron chi connectivity index (χ1n) is 4.80. The van der Waals surface area contributed by atoms with Crippen LogP contribution in [0.5, 0.6) is 0 Å². The van der Waals surface area contributed by atoms with Crippen molar-refractivity contribution >= 4 is 0 Å². The number of hydrogen-bond donors (Lipinski definition) is 1. The van der Waals surface area contributed by atoms with E-state index >= 15 is 0 Å². The molecule has 1 saturated heterocycles. The Kier molecular flexibility index (Phi) is 2.58. The zero-order valence-corrected chi connectivity index (χ0v) is 8.28. The van der Waals surface area contributed by atoms with Crippen LogP contribution in [0.4, 0.5) is 0 Å². The van der Waals surface area contributed by atoms with Crippen molar-refractivity contribution in [1.29, 1.82) is 0 Å². The van der Waals surface area contributed by atoms with Crippen LogP contribution in [0, 0.1) is 17.3 Å². The molecule has 0 bridgehead atoms. The van der Waals surface area contributed by atoms with Crippen LogP contribution in [0.15, 0.2) is 0 Å². The molecule has 66 valence electrons. The van der Waals surface area contributed by atoms with Crippen LogP contribution in [0.25, 0.3) is 0 Å². The lowest BCUT2D eigenvalue weighted by Crippen LogP contribution is -2.35. The van der Waals surface area contributed by atoms with E-state index in [1.165, 1.54) is 19.5 Å². The summed E-state index contributed by atoms with van der Waals surface area (Å²) in [5.41, 5.74) is 0.583. The SMILES string of the molecule is CC(C)C1(C(C)C)CCNC1. The largest absolute Gasteiger partial charge is 0.316 e. The highest BCUT2D eigenvalue weighted by Gasteiger charge is 2.39. The molecule has 11 heavy (non-hydrogen) atoms. The van der Waals surface area contributed by atoms with E-state index in [0.29, 0.717) is 5.41 Å². The van der Waals surface area contributed by atoms with Crippen molar-refractivity contribution in [3.05, 3.63) is 0 Å². The Morgan fingerprint density at radius 2 is 1.64 bits per heavy atom. The Labute approximate surface area is 70.6 Å². The Bertz CT molecular complexity index is 111. The van der Waals surface area contributed by atoms with Crippen LogP contribution in [0.2, 0.25) is 0 Å². The van der Waals surface area contributed by atoms with E-state index in [9.17, 15) is 0 Å². The standard InChI is InChI=1S/C10H21N/c1-8(2)10(9(3)4)5-6-11-7-10/h8-9,11H,5-7H2,1-4H3. The lowest BCUT2D eigenvalue weighted by atomic mass is 9.68. The van der Waals surface area contributed by atoms with Crippen molar-refractivity contribution < 1.29 is 0 Å². The lowest BCUT2D eigenvalue weighted by Gasteiger charge is -2.36. The van der Waals surface area contributed by atoms with Crippen LogP contribution in [0.3, 0.4) is 0 Å². The molecule has 0 spiro atoms. The summed E-state index contributed by atoms with van der Waals surface area (Å²) in [6, 6.07) is 0. The van der Waals surface area contributed by atoms with E-state index in [1.807, 2.05) is 0 Å². The van der Waals surface area contributed by atoms with Gasteiger partial charge in [-0.05, 0) is 30.2 Å². The van der Waals surface area contributed by atoms with E-state index in [4.69, 9.17) is 0 Å². The van der Waals surface area contributed by atoms with Gasteiger partial charge in [0.05, 0.1) is 0 Å². The summed E-state index contributed by atoms with van der Waals surface area (Å²) in [4.78, 5) is 0. The number of hydrogen-bond acceptors (Lipinski definition) is 1. The van der Waals surface area contributed by atoms with Crippen molar-refractivity contribution in [3.63, 3.8) is 0 Å². The van der Waals surface area contributed by atoms with Gasteiger partial charge in [0.15, 0.2) is 0 Å². The highest BCUT2D eigenvalue weighted by Crippen LogP contribution is 2.40. The summed E-state index contributed by atoms with van der Waals surface area (Å²) < 4.78 is 0. The maximum Gasteiger partial charge on any atom is 0.00132 e. The monoisotopic (exact) mass is 155 g/mol. The topological polar surface area (TPSA) is 12.0 Å². The van der Waals surface area contributed by atoms with Crippen molar-refractivity contribution in [2.45, 2.75) is 34.1 Å². The van der Waals surface area contributed by atoms with E-state index in [1.54, 1.807) is 0 Å². The van der Waals surface area contributed by atoms with Crippen molar-refractivity contribution in [1.82, 2.24) is 5.32 Å². The second kappa shape index (κ2) is 3.14. The molecule has 0 unspecified atom stereocenters. The molecule has 1 nitrogen and oxygen atoms in total. The molecule has 0 radical (unpaired) electrons. The molecule has 1 heterocycles. The Morgan fingerprint density at radius 3 is 1.82 bits per heavy atom. The molecule has 0 saturated carbocycles. The summed E-state index contributed by atoms with van der Waals surface area (Å²) in [5.74, 6) is 1.63. The smallest absolute Gasteiger partial charge is 0.00132 e. The Balaban J connectivity index is 2.70. The van der Waals surface area contributed by atoms with Crippen LogP contribution in [-0.4, -0.2) is 13.1 Å². The minimum absolute atomic E-state index is 0.583. The predicted molar refractivity (Wildman–Crippen MR) is 49.6 cm³/mol. The van der Waals surface area contributed by atoms with Gasteiger partial charge in [-0.3, -0.25) is 0 Å². The zero-order valence-electron chi connectivity index (χ0n) is 8.28. The highest BCUT2D eigenvalue weighted by molar-refractivity contribution is 4.92. The molecular formula is C10H21N.